The highest BCUT2D eigenvalue weighted by molar-refractivity contribution is 5.73. The van der Waals surface area contributed by atoms with Gasteiger partial charge in [-0.2, -0.15) is 26.3 Å². The molecule has 35 heavy (non-hydrogen) atoms. The molecule has 2 aromatic carbocycles. The van der Waals surface area contributed by atoms with Gasteiger partial charge in [-0.05, 0) is 55.3 Å². The van der Waals surface area contributed by atoms with Crippen LogP contribution in [0.25, 0.3) is 0 Å². The van der Waals surface area contributed by atoms with E-state index in [9.17, 15) is 31.1 Å². The van der Waals surface area contributed by atoms with Crippen molar-refractivity contribution < 1.29 is 35.9 Å². The molecule has 1 aliphatic rings. The maximum atomic E-state index is 13.4. The Balaban J connectivity index is 1.98. The molecule has 2 amide bonds. The Morgan fingerprint density at radius 1 is 1.00 bits per heavy atom. The predicted octanol–water partition coefficient (Wildman–Crippen LogP) is 5.03. The highest BCUT2D eigenvalue weighted by Gasteiger charge is 2.39. The van der Waals surface area contributed by atoms with Crippen LogP contribution in [0, 0.1) is 0 Å². The standard InChI is InChI=1S/C24H27F6N3O2/c1-31-21(34)33-14-20(16-11-18(23(25,26)27)13-19(12-16)24(28,29)30)35-15-22(7-9-32-10-8-22)17-5-3-2-4-6-17/h2-6,11-13,20,32H,7-10,14-15H2,1H3,(H2,31,33,34). The van der Waals surface area contributed by atoms with Crippen molar-refractivity contribution >= 4 is 6.03 Å². The first-order valence-electron chi connectivity index (χ1n) is 11.1. The van der Waals surface area contributed by atoms with Gasteiger partial charge in [-0.15, -0.1) is 0 Å². The third-order valence-corrected chi connectivity index (χ3v) is 6.16. The summed E-state index contributed by atoms with van der Waals surface area (Å²) < 4.78 is 86.6. The SMILES string of the molecule is CNC(=O)NCC(OCC1(c2ccccc2)CCNCC1)c1cc(C(F)(F)F)cc(C(F)(F)F)c1. The molecule has 5 nitrogen and oxygen atoms in total. The van der Waals surface area contributed by atoms with E-state index >= 15 is 0 Å². The molecule has 1 atom stereocenters. The van der Waals surface area contributed by atoms with E-state index in [-0.39, 0.29) is 24.8 Å². The van der Waals surface area contributed by atoms with Crippen molar-refractivity contribution in [3.05, 3.63) is 70.8 Å². The molecule has 0 aliphatic carbocycles. The van der Waals surface area contributed by atoms with Crippen LogP contribution in [0.5, 0.6) is 0 Å². The van der Waals surface area contributed by atoms with Gasteiger partial charge in [0.1, 0.15) is 0 Å². The zero-order valence-electron chi connectivity index (χ0n) is 19.0. The molecule has 0 aromatic heterocycles. The number of carbonyl (C=O) groups is 1. The Bertz CT molecular complexity index is 957. The number of amides is 2. The van der Waals surface area contributed by atoms with Crippen molar-refractivity contribution in [1.29, 1.82) is 0 Å². The van der Waals surface area contributed by atoms with Gasteiger partial charge >= 0.3 is 18.4 Å². The number of alkyl halides is 6. The second-order valence-corrected chi connectivity index (χ2v) is 8.50. The summed E-state index contributed by atoms with van der Waals surface area (Å²) in [5.74, 6) is 0. The van der Waals surface area contributed by atoms with Crippen molar-refractivity contribution in [2.24, 2.45) is 0 Å². The van der Waals surface area contributed by atoms with Crippen LogP contribution in [0.4, 0.5) is 31.1 Å². The Hall–Kier alpha value is -2.79. The van der Waals surface area contributed by atoms with Crippen molar-refractivity contribution in [2.75, 3.05) is 33.3 Å². The molecule has 192 valence electrons. The lowest BCUT2D eigenvalue weighted by Gasteiger charge is -2.39. The largest absolute Gasteiger partial charge is 0.416 e. The number of hydrogen-bond donors (Lipinski definition) is 3. The molecular weight excluding hydrogens is 476 g/mol. The number of ether oxygens (including phenoxy) is 1. The average Bonchev–Trinajstić information content (AvgIpc) is 2.83. The van der Waals surface area contributed by atoms with Gasteiger partial charge in [-0.1, -0.05) is 30.3 Å². The number of halogens is 6. The summed E-state index contributed by atoms with van der Waals surface area (Å²) in [5.41, 5.74) is -2.70. The molecule has 2 aromatic rings. The summed E-state index contributed by atoms with van der Waals surface area (Å²) in [7, 11) is 1.34. The monoisotopic (exact) mass is 503 g/mol. The molecular formula is C24H27F6N3O2. The highest BCUT2D eigenvalue weighted by Crippen LogP contribution is 2.39. The lowest BCUT2D eigenvalue weighted by molar-refractivity contribution is -0.143. The van der Waals surface area contributed by atoms with Gasteiger partial charge in [0, 0.05) is 19.0 Å². The van der Waals surface area contributed by atoms with Crippen LogP contribution in [0.3, 0.4) is 0 Å². The molecule has 11 heteroatoms. The lowest BCUT2D eigenvalue weighted by Crippen LogP contribution is -2.44. The van der Waals surface area contributed by atoms with Crippen molar-refractivity contribution in [3.8, 4) is 0 Å². The predicted molar refractivity (Wildman–Crippen MR) is 118 cm³/mol. The third kappa shape index (κ3) is 6.88. The quantitative estimate of drug-likeness (QED) is 0.465. The van der Waals surface area contributed by atoms with Gasteiger partial charge < -0.3 is 20.7 Å². The Kier molecular flexibility index (Phi) is 8.32. The van der Waals surface area contributed by atoms with Crippen LogP contribution >= 0.6 is 0 Å². The smallest absolute Gasteiger partial charge is 0.371 e. The van der Waals surface area contributed by atoms with E-state index in [0.717, 1.165) is 5.56 Å². The van der Waals surface area contributed by atoms with Crippen molar-refractivity contribution in [2.45, 2.75) is 36.7 Å². The molecule has 0 bridgehead atoms. The first kappa shape index (κ1) is 26.8. The molecule has 1 fully saturated rings. The van der Waals surface area contributed by atoms with Crippen LogP contribution in [-0.2, 0) is 22.5 Å². The fraction of sp³-hybridized carbons (Fsp3) is 0.458. The molecule has 3 rings (SSSR count). The number of rotatable bonds is 7. The molecule has 1 saturated heterocycles. The summed E-state index contributed by atoms with van der Waals surface area (Å²) in [6, 6.07) is 10.2. The summed E-state index contributed by atoms with van der Waals surface area (Å²) in [6.45, 7) is 1.10. The van der Waals surface area contributed by atoms with Crippen LogP contribution in [-0.4, -0.2) is 39.3 Å². The average molecular weight is 503 g/mol. The number of piperidine rings is 1. The number of carbonyl (C=O) groups excluding carboxylic acids is 1. The van der Waals surface area contributed by atoms with E-state index in [1.54, 1.807) is 0 Å². The summed E-state index contributed by atoms with van der Waals surface area (Å²) in [6.07, 6.45) is -9.89. The number of nitrogens with one attached hydrogen (secondary N) is 3. The minimum atomic E-state index is -4.99. The fourth-order valence-corrected chi connectivity index (χ4v) is 4.19. The van der Waals surface area contributed by atoms with Gasteiger partial charge in [0.05, 0.1) is 23.8 Å². The minimum Gasteiger partial charge on any atom is -0.371 e. The van der Waals surface area contributed by atoms with Gasteiger partial charge in [-0.3, -0.25) is 0 Å². The van der Waals surface area contributed by atoms with Crippen molar-refractivity contribution in [3.63, 3.8) is 0 Å². The Morgan fingerprint density at radius 3 is 2.09 bits per heavy atom. The number of benzene rings is 2. The maximum Gasteiger partial charge on any atom is 0.416 e. The molecule has 3 N–H and O–H groups in total. The number of hydrogen-bond acceptors (Lipinski definition) is 3. The molecule has 0 radical (unpaired) electrons. The zero-order valence-corrected chi connectivity index (χ0v) is 19.0. The van der Waals surface area contributed by atoms with E-state index in [2.05, 4.69) is 16.0 Å². The fourth-order valence-electron chi connectivity index (χ4n) is 4.19. The molecule has 1 aliphatic heterocycles. The normalized spacial score (nSPS) is 17.0. The summed E-state index contributed by atoms with van der Waals surface area (Å²) >= 11 is 0. The van der Waals surface area contributed by atoms with Crippen LogP contribution in [0.2, 0.25) is 0 Å². The first-order valence-corrected chi connectivity index (χ1v) is 11.1. The van der Waals surface area contributed by atoms with Crippen LogP contribution in [0.15, 0.2) is 48.5 Å². The van der Waals surface area contributed by atoms with Gasteiger partial charge in [0.2, 0.25) is 0 Å². The second kappa shape index (κ2) is 10.9. The van der Waals surface area contributed by atoms with Gasteiger partial charge in [0.25, 0.3) is 0 Å². The lowest BCUT2D eigenvalue weighted by atomic mass is 9.74. The van der Waals surface area contributed by atoms with Gasteiger partial charge in [0.15, 0.2) is 0 Å². The number of urea groups is 1. The first-order chi connectivity index (χ1) is 16.4. The van der Waals surface area contributed by atoms with E-state index in [1.807, 2.05) is 30.3 Å². The minimum absolute atomic E-state index is 0.0520. The highest BCUT2D eigenvalue weighted by atomic mass is 19.4. The Labute approximate surface area is 199 Å². The van der Waals surface area contributed by atoms with Gasteiger partial charge in [-0.25, -0.2) is 4.79 Å². The molecule has 1 unspecified atom stereocenters. The zero-order chi connectivity index (χ0) is 25.7. The third-order valence-electron chi connectivity index (χ3n) is 6.16. The van der Waals surface area contributed by atoms with E-state index in [1.165, 1.54) is 7.05 Å². The second-order valence-electron chi connectivity index (χ2n) is 8.50. The van der Waals surface area contributed by atoms with E-state index in [0.29, 0.717) is 38.1 Å². The molecule has 1 heterocycles. The molecule has 0 spiro atoms. The van der Waals surface area contributed by atoms with E-state index < -0.39 is 41.0 Å². The Morgan fingerprint density at radius 2 is 1.57 bits per heavy atom. The van der Waals surface area contributed by atoms with E-state index in [4.69, 9.17) is 4.74 Å². The van der Waals surface area contributed by atoms with Crippen LogP contribution in [0.1, 0.15) is 41.2 Å². The summed E-state index contributed by atoms with van der Waals surface area (Å²) in [4.78, 5) is 11.7. The summed E-state index contributed by atoms with van der Waals surface area (Å²) in [5, 5.41) is 8.00. The molecule has 0 saturated carbocycles. The topological polar surface area (TPSA) is 62.4 Å². The van der Waals surface area contributed by atoms with Crippen molar-refractivity contribution in [1.82, 2.24) is 16.0 Å². The maximum absolute atomic E-state index is 13.4. The van der Waals surface area contributed by atoms with Crippen LogP contribution < -0.4 is 16.0 Å².